The van der Waals surface area contributed by atoms with Crippen LogP contribution >= 0.6 is 11.6 Å². The molecule has 22 heavy (non-hydrogen) atoms. The first-order valence-electron chi connectivity index (χ1n) is 6.49. The number of benzene rings is 1. The van der Waals surface area contributed by atoms with E-state index >= 15 is 0 Å². The van der Waals surface area contributed by atoms with Crippen LogP contribution in [0, 0.1) is 0 Å². The van der Waals surface area contributed by atoms with Crippen LogP contribution in [0.15, 0.2) is 35.4 Å². The molecule has 2 heterocycles. The van der Waals surface area contributed by atoms with Crippen LogP contribution in [0.3, 0.4) is 0 Å². The monoisotopic (exact) mass is 341 g/mol. The van der Waals surface area contributed by atoms with Crippen LogP contribution in [0.5, 0.6) is 5.88 Å². The molecule has 0 bridgehead atoms. The molecule has 1 aromatic heterocycles. The van der Waals surface area contributed by atoms with Crippen LogP contribution in [0.25, 0.3) is 0 Å². The van der Waals surface area contributed by atoms with Gasteiger partial charge >= 0.3 is 0 Å². The Labute approximate surface area is 131 Å². The predicted molar refractivity (Wildman–Crippen MR) is 78.4 cm³/mol. The minimum Gasteiger partial charge on any atom is -0.477 e. The summed E-state index contributed by atoms with van der Waals surface area (Å²) in [6, 6.07) is 5.66. The lowest BCUT2D eigenvalue weighted by Gasteiger charge is -2.15. The summed E-state index contributed by atoms with van der Waals surface area (Å²) in [4.78, 5) is 12.1. The molecule has 0 unspecified atom stereocenters. The van der Waals surface area contributed by atoms with Crippen molar-refractivity contribution in [1.29, 1.82) is 0 Å². The number of rotatable bonds is 3. The fourth-order valence-corrected chi connectivity index (χ4v) is 3.36. The van der Waals surface area contributed by atoms with Crippen LogP contribution in [0.4, 0.5) is 0 Å². The van der Waals surface area contributed by atoms with Gasteiger partial charge in [0, 0.05) is 18.0 Å². The molecule has 0 fully saturated rings. The number of carbonyl (C=O) groups excluding carboxylic acids is 1. The zero-order valence-corrected chi connectivity index (χ0v) is 12.9. The summed E-state index contributed by atoms with van der Waals surface area (Å²) in [5.74, 6) is -0.506. The van der Waals surface area contributed by atoms with Crippen molar-refractivity contribution in [1.82, 2.24) is 14.5 Å². The summed E-state index contributed by atoms with van der Waals surface area (Å²) in [6.45, 7) is 1.09. The predicted octanol–water partition coefficient (Wildman–Crippen LogP) is 1.44. The van der Waals surface area contributed by atoms with Crippen molar-refractivity contribution >= 4 is 27.5 Å². The van der Waals surface area contributed by atoms with Gasteiger partial charge in [0.1, 0.15) is 5.56 Å². The van der Waals surface area contributed by atoms with Crippen molar-refractivity contribution in [3.8, 4) is 5.88 Å². The second kappa shape index (κ2) is 5.62. The highest BCUT2D eigenvalue weighted by Gasteiger charge is 2.25. The number of carbonyl (C=O) groups is 1. The summed E-state index contributed by atoms with van der Waals surface area (Å²) in [5, 5.41) is 4.27. The minimum atomic E-state index is -4.01. The minimum absolute atomic E-state index is 0.0877. The number of hydrogen-bond donors (Lipinski definition) is 1. The molecule has 9 heteroatoms. The molecule has 1 aliphatic rings. The van der Waals surface area contributed by atoms with Crippen molar-refractivity contribution in [2.45, 2.75) is 17.9 Å². The van der Waals surface area contributed by atoms with E-state index in [0.717, 1.165) is 6.42 Å². The van der Waals surface area contributed by atoms with Crippen molar-refractivity contribution < 1.29 is 17.9 Å². The number of aromatic nitrogens is 2. The van der Waals surface area contributed by atoms with Gasteiger partial charge in [-0.15, -0.1) is 0 Å². The lowest BCUT2D eigenvalue weighted by atomic mass is 10.3. The fraction of sp³-hybridized carbons (Fsp3) is 0.231. The van der Waals surface area contributed by atoms with Gasteiger partial charge in [0.25, 0.3) is 15.9 Å². The maximum Gasteiger partial charge on any atom is 0.272 e. The second-order valence-electron chi connectivity index (χ2n) is 4.68. The molecular weight excluding hydrogens is 330 g/mol. The largest absolute Gasteiger partial charge is 0.477 e. The fourth-order valence-electron chi connectivity index (χ4n) is 2.09. The molecule has 0 saturated carbocycles. The van der Waals surface area contributed by atoms with Gasteiger partial charge in [0.05, 0.1) is 17.7 Å². The quantitative estimate of drug-likeness (QED) is 0.912. The number of halogens is 1. The van der Waals surface area contributed by atoms with E-state index in [1.165, 1.54) is 29.1 Å². The maximum absolute atomic E-state index is 12.2. The first kappa shape index (κ1) is 14.9. The van der Waals surface area contributed by atoms with E-state index in [4.69, 9.17) is 16.3 Å². The molecule has 0 radical (unpaired) electrons. The van der Waals surface area contributed by atoms with Gasteiger partial charge in [-0.25, -0.2) is 17.8 Å². The van der Waals surface area contributed by atoms with E-state index < -0.39 is 15.9 Å². The summed E-state index contributed by atoms with van der Waals surface area (Å²) in [5.41, 5.74) is 0.0882. The Morgan fingerprint density at radius 1 is 1.41 bits per heavy atom. The van der Waals surface area contributed by atoms with Gasteiger partial charge < -0.3 is 4.74 Å². The molecule has 1 N–H and O–H groups in total. The van der Waals surface area contributed by atoms with Crippen LogP contribution in [0.1, 0.15) is 16.8 Å². The molecule has 0 saturated heterocycles. The zero-order valence-electron chi connectivity index (χ0n) is 11.3. The molecule has 3 rings (SSSR count). The molecule has 1 aromatic carbocycles. The number of hydrogen-bond acceptors (Lipinski definition) is 5. The van der Waals surface area contributed by atoms with E-state index in [0.29, 0.717) is 13.2 Å². The standard InChI is InChI=1S/C13H12ClN3O4S/c14-9-3-1-4-10(7-9)22(19,20)16-12(18)11-8-15-17-5-2-6-21-13(11)17/h1,3-4,7-8H,2,5-6H2,(H,16,18). The van der Waals surface area contributed by atoms with Crippen LogP contribution in [0.2, 0.25) is 5.02 Å². The van der Waals surface area contributed by atoms with Gasteiger partial charge in [-0.2, -0.15) is 5.10 Å². The smallest absolute Gasteiger partial charge is 0.272 e. The summed E-state index contributed by atoms with van der Waals surface area (Å²) < 4.78 is 33.3. The average Bonchev–Trinajstić information content (AvgIpc) is 2.91. The first-order chi connectivity index (χ1) is 10.5. The number of nitrogens with zero attached hydrogens (tertiary/aromatic N) is 2. The Kier molecular flexibility index (Phi) is 3.79. The van der Waals surface area contributed by atoms with E-state index in [-0.39, 0.29) is 21.4 Å². The normalized spacial score (nSPS) is 14.0. The average molecular weight is 342 g/mol. The number of sulfonamides is 1. The molecule has 0 atom stereocenters. The van der Waals surface area contributed by atoms with Crippen molar-refractivity contribution in [2.75, 3.05) is 6.61 Å². The van der Waals surface area contributed by atoms with Gasteiger partial charge in [0.2, 0.25) is 5.88 Å². The van der Waals surface area contributed by atoms with Crippen LogP contribution in [-0.2, 0) is 16.6 Å². The first-order valence-corrected chi connectivity index (χ1v) is 8.35. The Balaban J connectivity index is 1.86. The van der Waals surface area contributed by atoms with Gasteiger partial charge in [0.15, 0.2) is 0 Å². The maximum atomic E-state index is 12.2. The highest BCUT2D eigenvalue weighted by Crippen LogP contribution is 2.23. The number of ether oxygens (including phenoxy) is 1. The van der Waals surface area contributed by atoms with E-state index in [9.17, 15) is 13.2 Å². The topological polar surface area (TPSA) is 90.3 Å². The van der Waals surface area contributed by atoms with Crippen LogP contribution < -0.4 is 9.46 Å². The number of nitrogens with one attached hydrogen (secondary N) is 1. The molecule has 1 amide bonds. The molecule has 2 aromatic rings. The lowest BCUT2D eigenvalue weighted by molar-refractivity contribution is 0.0975. The van der Waals surface area contributed by atoms with E-state index in [1.807, 2.05) is 4.72 Å². The Morgan fingerprint density at radius 2 is 2.23 bits per heavy atom. The SMILES string of the molecule is O=C(NS(=O)(=O)c1cccc(Cl)c1)c1cnn2c1OCCC2. The molecular formula is C13H12ClN3O4S. The summed E-state index contributed by atoms with van der Waals surface area (Å²) >= 11 is 5.77. The summed E-state index contributed by atoms with van der Waals surface area (Å²) in [7, 11) is -4.01. The van der Waals surface area contributed by atoms with Crippen molar-refractivity contribution in [3.05, 3.63) is 41.0 Å². The third-order valence-corrected chi connectivity index (χ3v) is 4.69. The summed E-state index contributed by atoms with van der Waals surface area (Å²) in [6.07, 6.45) is 2.08. The molecule has 1 aliphatic heterocycles. The van der Waals surface area contributed by atoms with E-state index in [2.05, 4.69) is 5.10 Å². The number of aryl methyl sites for hydroxylation is 1. The van der Waals surface area contributed by atoms with Crippen molar-refractivity contribution in [2.24, 2.45) is 0 Å². The molecule has 0 spiro atoms. The van der Waals surface area contributed by atoms with Crippen LogP contribution in [-0.4, -0.2) is 30.7 Å². The Bertz CT molecular complexity index is 832. The van der Waals surface area contributed by atoms with Gasteiger partial charge in [-0.3, -0.25) is 4.79 Å². The molecule has 116 valence electrons. The third kappa shape index (κ3) is 2.79. The highest BCUT2D eigenvalue weighted by molar-refractivity contribution is 7.90. The number of amides is 1. The Hall–Kier alpha value is -2.06. The highest BCUT2D eigenvalue weighted by atomic mass is 35.5. The van der Waals surface area contributed by atoms with E-state index in [1.54, 1.807) is 6.07 Å². The van der Waals surface area contributed by atoms with Gasteiger partial charge in [-0.05, 0) is 18.2 Å². The molecule has 0 aliphatic carbocycles. The number of fused-ring (bicyclic) bond motifs is 1. The third-order valence-electron chi connectivity index (χ3n) is 3.12. The second-order valence-corrected chi connectivity index (χ2v) is 6.80. The lowest BCUT2D eigenvalue weighted by Crippen LogP contribution is -2.31. The van der Waals surface area contributed by atoms with Crippen molar-refractivity contribution in [3.63, 3.8) is 0 Å². The zero-order chi connectivity index (χ0) is 15.7. The molecule has 7 nitrogen and oxygen atoms in total. The Morgan fingerprint density at radius 3 is 3.00 bits per heavy atom. The van der Waals surface area contributed by atoms with Gasteiger partial charge in [-0.1, -0.05) is 17.7 Å².